The van der Waals surface area contributed by atoms with Crippen molar-refractivity contribution in [2.75, 3.05) is 20.3 Å². The van der Waals surface area contributed by atoms with E-state index in [2.05, 4.69) is 22.9 Å². The van der Waals surface area contributed by atoms with Gasteiger partial charge in [-0.1, -0.05) is 17.7 Å². The maximum absolute atomic E-state index is 12.9. The molecule has 1 aromatic carbocycles. The number of benzene rings is 1. The van der Waals surface area contributed by atoms with Crippen molar-refractivity contribution in [1.29, 1.82) is 0 Å². The monoisotopic (exact) mass is 312 g/mol. The lowest BCUT2D eigenvalue weighted by Crippen LogP contribution is -2.34. The van der Waals surface area contributed by atoms with Gasteiger partial charge in [0.25, 0.3) is 5.91 Å². The van der Waals surface area contributed by atoms with Crippen molar-refractivity contribution < 1.29 is 9.53 Å². The van der Waals surface area contributed by atoms with Crippen LogP contribution < -0.4 is 0 Å². The third-order valence-corrected chi connectivity index (χ3v) is 4.49. The van der Waals surface area contributed by atoms with Crippen LogP contribution in [0.15, 0.2) is 42.6 Å². The Hall–Kier alpha value is -2.07. The molecule has 23 heavy (non-hydrogen) atoms. The van der Waals surface area contributed by atoms with E-state index in [1.165, 1.54) is 5.69 Å². The first-order chi connectivity index (χ1) is 11.2. The predicted octanol–water partition coefficient (Wildman–Crippen LogP) is 3.11. The molecule has 1 aliphatic heterocycles. The van der Waals surface area contributed by atoms with Gasteiger partial charge in [0.2, 0.25) is 0 Å². The van der Waals surface area contributed by atoms with Crippen LogP contribution in [0.5, 0.6) is 0 Å². The molecule has 3 rings (SSSR count). The molecular weight excluding hydrogens is 288 g/mol. The Kier molecular flexibility index (Phi) is 4.82. The summed E-state index contributed by atoms with van der Waals surface area (Å²) >= 11 is 0. The Morgan fingerprint density at radius 3 is 2.91 bits per heavy atom. The number of hydrogen-bond acceptors (Lipinski definition) is 2. The number of carbonyl (C=O) groups is 1. The minimum atomic E-state index is 0.116. The number of fused-ring (bicyclic) bond motifs is 1. The highest BCUT2D eigenvalue weighted by Crippen LogP contribution is 2.21. The van der Waals surface area contributed by atoms with E-state index in [1.54, 1.807) is 7.11 Å². The van der Waals surface area contributed by atoms with E-state index in [0.717, 1.165) is 37.2 Å². The van der Waals surface area contributed by atoms with Gasteiger partial charge in [-0.15, -0.1) is 0 Å². The predicted molar refractivity (Wildman–Crippen MR) is 90.3 cm³/mol. The van der Waals surface area contributed by atoms with Gasteiger partial charge < -0.3 is 14.2 Å². The molecule has 1 atom stereocenters. The SMILES string of the molecule is COCC[C@H]1CN(C(=O)c2cccc(C)c2)Cc2cccn2C1. The van der Waals surface area contributed by atoms with Gasteiger partial charge in [0.05, 0.1) is 6.54 Å². The molecule has 2 aromatic rings. The molecule has 4 nitrogen and oxygen atoms in total. The fraction of sp³-hybridized carbons (Fsp3) is 0.421. The molecule has 2 heterocycles. The molecule has 0 bridgehead atoms. The Morgan fingerprint density at radius 1 is 1.26 bits per heavy atom. The van der Waals surface area contributed by atoms with Crippen LogP contribution in [0, 0.1) is 12.8 Å². The average molecular weight is 312 g/mol. The van der Waals surface area contributed by atoms with E-state index in [4.69, 9.17) is 4.74 Å². The number of aryl methyl sites for hydroxylation is 1. The van der Waals surface area contributed by atoms with Crippen molar-refractivity contribution in [3.63, 3.8) is 0 Å². The van der Waals surface area contributed by atoms with E-state index in [0.29, 0.717) is 12.5 Å². The second-order valence-electron chi connectivity index (χ2n) is 6.35. The van der Waals surface area contributed by atoms with E-state index in [9.17, 15) is 4.79 Å². The lowest BCUT2D eigenvalue weighted by molar-refractivity contribution is 0.0705. The Bertz CT molecular complexity index is 678. The molecule has 1 aromatic heterocycles. The third-order valence-electron chi connectivity index (χ3n) is 4.49. The smallest absolute Gasteiger partial charge is 0.254 e. The standard InChI is InChI=1S/C19H24N2O2/c1-15-5-3-6-17(11-15)19(22)21-13-16(8-10-23-2)12-20-9-4-7-18(20)14-21/h3-7,9,11,16H,8,10,12-14H2,1-2H3/t16-/m1/s1. The van der Waals surface area contributed by atoms with E-state index >= 15 is 0 Å². The number of aromatic nitrogens is 1. The number of ether oxygens (including phenoxy) is 1. The Labute approximate surface area is 137 Å². The molecule has 0 aliphatic carbocycles. The maximum Gasteiger partial charge on any atom is 0.254 e. The number of carbonyl (C=O) groups excluding carboxylic acids is 1. The first kappa shape index (κ1) is 15.8. The van der Waals surface area contributed by atoms with Crippen molar-refractivity contribution >= 4 is 5.91 Å². The number of rotatable bonds is 4. The van der Waals surface area contributed by atoms with Crippen LogP contribution in [-0.2, 0) is 17.8 Å². The normalized spacial score (nSPS) is 17.7. The zero-order valence-corrected chi connectivity index (χ0v) is 13.9. The number of methoxy groups -OCH3 is 1. The van der Waals surface area contributed by atoms with Gasteiger partial charge in [0.15, 0.2) is 0 Å². The molecule has 0 N–H and O–H groups in total. The average Bonchev–Trinajstić information content (AvgIpc) is 2.90. The lowest BCUT2D eigenvalue weighted by atomic mass is 10.0. The first-order valence-corrected chi connectivity index (χ1v) is 8.16. The van der Waals surface area contributed by atoms with Crippen molar-refractivity contribution in [1.82, 2.24) is 9.47 Å². The zero-order valence-electron chi connectivity index (χ0n) is 13.9. The van der Waals surface area contributed by atoms with E-state index in [1.807, 2.05) is 36.1 Å². The molecule has 0 fully saturated rings. The molecule has 0 unspecified atom stereocenters. The number of hydrogen-bond donors (Lipinski definition) is 0. The third kappa shape index (κ3) is 3.64. The van der Waals surface area contributed by atoms with Crippen molar-refractivity contribution in [3.8, 4) is 0 Å². The highest BCUT2D eigenvalue weighted by atomic mass is 16.5. The van der Waals surface area contributed by atoms with Gasteiger partial charge in [0, 0.05) is 44.3 Å². The molecule has 122 valence electrons. The summed E-state index contributed by atoms with van der Waals surface area (Å²) in [4.78, 5) is 14.9. The molecule has 0 saturated heterocycles. The topological polar surface area (TPSA) is 34.5 Å². The molecule has 1 aliphatic rings. The van der Waals surface area contributed by atoms with Gasteiger partial charge >= 0.3 is 0 Å². The number of nitrogens with zero attached hydrogens (tertiary/aromatic N) is 2. The maximum atomic E-state index is 12.9. The van der Waals surface area contributed by atoms with Gasteiger partial charge in [-0.2, -0.15) is 0 Å². The molecular formula is C19H24N2O2. The van der Waals surface area contributed by atoms with Gasteiger partial charge in [-0.25, -0.2) is 0 Å². The van der Waals surface area contributed by atoms with Crippen LogP contribution in [0.25, 0.3) is 0 Å². The second kappa shape index (κ2) is 7.01. The second-order valence-corrected chi connectivity index (χ2v) is 6.35. The largest absolute Gasteiger partial charge is 0.385 e. The summed E-state index contributed by atoms with van der Waals surface area (Å²) in [6, 6.07) is 12.0. The summed E-state index contributed by atoms with van der Waals surface area (Å²) in [5.41, 5.74) is 3.09. The van der Waals surface area contributed by atoms with Crippen molar-refractivity contribution in [3.05, 3.63) is 59.4 Å². The highest BCUT2D eigenvalue weighted by molar-refractivity contribution is 5.94. The summed E-state index contributed by atoms with van der Waals surface area (Å²) in [5, 5.41) is 0. The van der Waals surface area contributed by atoms with Crippen LogP contribution in [0.4, 0.5) is 0 Å². The molecule has 0 saturated carbocycles. The minimum absolute atomic E-state index is 0.116. The van der Waals surface area contributed by atoms with Crippen LogP contribution in [0.2, 0.25) is 0 Å². The summed E-state index contributed by atoms with van der Waals surface area (Å²) < 4.78 is 7.51. The van der Waals surface area contributed by atoms with Crippen LogP contribution in [0.3, 0.4) is 0 Å². The highest BCUT2D eigenvalue weighted by Gasteiger charge is 2.25. The molecule has 0 spiro atoms. The van der Waals surface area contributed by atoms with Crippen LogP contribution in [0.1, 0.15) is 28.0 Å². The molecule has 1 amide bonds. The summed E-state index contributed by atoms with van der Waals surface area (Å²) in [5.74, 6) is 0.531. The van der Waals surface area contributed by atoms with Crippen LogP contribution >= 0.6 is 0 Å². The Balaban J connectivity index is 1.83. The Morgan fingerprint density at radius 2 is 2.13 bits per heavy atom. The van der Waals surface area contributed by atoms with Gasteiger partial charge in [-0.05, 0) is 43.5 Å². The molecule has 4 heteroatoms. The van der Waals surface area contributed by atoms with Gasteiger partial charge in [-0.3, -0.25) is 4.79 Å². The van der Waals surface area contributed by atoms with Crippen molar-refractivity contribution in [2.45, 2.75) is 26.4 Å². The van der Waals surface area contributed by atoms with Crippen LogP contribution in [-0.4, -0.2) is 35.6 Å². The first-order valence-electron chi connectivity index (χ1n) is 8.16. The van der Waals surface area contributed by atoms with E-state index < -0.39 is 0 Å². The lowest BCUT2D eigenvalue weighted by Gasteiger charge is -2.24. The minimum Gasteiger partial charge on any atom is -0.385 e. The zero-order chi connectivity index (χ0) is 16.2. The van der Waals surface area contributed by atoms with Gasteiger partial charge in [0.1, 0.15) is 0 Å². The fourth-order valence-corrected chi connectivity index (χ4v) is 3.26. The quantitative estimate of drug-likeness (QED) is 0.869. The molecule has 0 radical (unpaired) electrons. The summed E-state index contributed by atoms with van der Waals surface area (Å²) in [6.45, 7) is 5.14. The summed E-state index contributed by atoms with van der Waals surface area (Å²) in [6.07, 6.45) is 3.07. The van der Waals surface area contributed by atoms with Crippen molar-refractivity contribution in [2.24, 2.45) is 5.92 Å². The number of amides is 1. The fourth-order valence-electron chi connectivity index (χ4n) is 3.26. The summed E-state index contributed by atoms with van der Waals surface area (Å²) in [7, 11) is 1.73. The van der Waals surface area contributed by atoms with E-state index in [-0.39, 0.29) is 5.91 Å².